The van der Waals surface area contributed by atoms with Crippen LogP contribution in [0.2, 0.25) is 0 Å². The van der Waals surface area contributed by atoms with E-state index in [2.05, 4.69) is 15.3 Å². The number of aliphatic hydroxyl groups is 1. The lowest BCUT2D eigenvalue weighted by atomic mass is 10.1. The summed E-state index contributed by atoms with van der Waals surface area (Å²) in [6.07, 6.45) is 6.38. The van der Waals surface area contributed by atoms with E-state index in [4.69, 9.17) is 0 Å². The lowest BCUT2D eigenvalue weighted by molar-refractivity contribution is -0.121. The van der Waals surface area contributed by atoms with Crippen molar-refractivity contribution in [3.8, 4) is 0 Å². The predicted octanol–water partition coefficient (Wildman–Crippen LogP) is 2.31. The van der Waals surface area contributed by atoms with Gasteiger partial charge in [0.25, 0.3) is 0 Å². The monoisotopic (exact) mass is 370 g/mol. The number of halogens is 1. The first-order valence-corrected chi connectivity index (χ1v) is 9.19. The molecular weight excluding hydrogens is 347 g/mol. The van der Waals surface area contributed by atoms with Crippen molar-refractivity contribution in [1.29, 1.82) is 0 Å². The number of rotatable bonds is 5. The Morgan fingerprint density at radius 2 is 2.30 bits per heavy atom. The molecule has 3 N–H and O–H groups in total. The van der Waals surface area contributed by atoms with Gasteiger partial charge in [-0.1, -0.05) is 0 Å². The lowest BCUT2D eigenvalue weighted by Crippen LogP contribution is -2.40. The molecule has 7 heteroatoms. The number of hydrogen-bond donors (Lipinski definition) is 3. The van der Waals surface area contributed by atoms with Crippen LogP contribution < -0.4 is 5.32 Å². The van der Waals surface area contributed by atoms with Gasteiger partial charge in [-0.3, -0.25) is 4.79 Å². The first kappa shape index (κ1) is 17.7. The van der Waals surface area contributed by atoms with E-state index in [1.807, 2.05) is 17.7 Å². The van der Waals surface area contributed by atoms with E-state index in [0.29, 0.717) is 12.3 Å². The van der Waals surface area contributed by atoms with Gasteiger partial charge in [0.2, 0.25) is 5.91 Å². The number of hydrogen-bond acceptors (Lipinski definition) is 3. The molecule has 0 saturated heterocycles. The Labute approximate surface area is 156 Å². The molecule has 1 aromatic carbocycles. The number of amides is 1. The first-order valence-electron chi connectivity index (χ1n) is 9.19. The Morgan fingerprint density at radius 1 is 1.44 bits per heavy atom. The highest BCUT2D eigenvalue weighted by Crippen LogP contribution is 2.28. The van der Waals surface area contributed by atoms with Gasteiger partial charge in [-0.25, -0.2) is 9.37 Å². The van der Waals surface area contributed by atoms with Crippen LogP contribution >= 0.6 is 0 Å². The highest BCUT2D eigenvalue weighted by molar-refractivity contribution is 5.90. The molecule has 0 spiro atoms. The van der Waals surface area contributed by atoms with Crippen molar-refractivity contribution in [2.75, 3.05) is 0 Å². The van der Waals surface area contributed by atoms with Crippen molar-refractivity contribution in [3.63, 3.8) is 0 Å². The molecule has 3 aromatic rings. The summed E-state index contributed by atoms with van der Waals surface area (Å²) in [5, 5.41) is 14.0. The van der Waals surface area contributed by atoms with Crippen LogP contribution in [0.3, 0.4) is 0 Å². The van der Waals surface area contributed by atoms with Gasteiger partial charge in [0, 0.05) is 35.5 Å². The van der Waals surface area contributed by atoms with Crippen LogP contribution in [0.25, 0.3) is 10.9 Å². The number of aryl methyl sites for hydroxylation is 1. The molecular formula is C20H23FN4O2. The number of carbonyl (C=O) groups is 1. The molecule has 0 aliphatic heterocycles. The van der Waals surface area contributed by atoms with Gasteiger partial charge >= 0.3 is 0 Å². The zero-order chi connectivity index (χ0) is 19.0. The molecule has 4 rings (SSSR count). The van der Waals surface area contributed by atoms with Crippen LogP contribution in [-0.4, -0.2) is 37.7 Å². The second-order valence-corrected chi connectivity index (χ2v) is 7.43. The number of aliphatic hydroxyl groups excluding tert-OH is 1. The molecule has 142 valence electrons. The van der Waals surface area contributed by atoms with E-state index >= 15 is 0 Å². The van der Waals surface area contributed by atoms with Gasteiger partial charge in [0.15, 0.2) is 0 Å². The Bertz CT molecular complexity index is 950. The molecule has 1 saturated carbocycles. The average molecular weight is 370 g/mol. The van der Waals surface area contributed by atoms with E-state index in [0.717, 1.165) is 35.1 Å². The second-order valence-electron chi connectivity index (χ2n) is 7.43. The normalized spacial score (nSPS) is 22.4. The van der Waals surface area contributed by atoms with E-state index in [1.54, 1.807) is 18.6 Å². The molecule has 3 atom stereocenters. The maximum Gasteiger partial charge on any atom is 0.224 e. The van der Waals surface area contributed by atoms with Crippen LogP contribution in [0.15, 0.2) is 36.9 Å². The number of aromatic amines is 1. The number of aromatic nitrogens is 3. The SMILES string of the molecule is Cc1[nH]c2ccc(F)cc2c1CC(=O)N[C@@H]1CC(Cn2ccnc2)C[C@H]1O. The fourth-order valence-electron chi connectivity index (χ4n) is 4.12. The molecule has 27 heavy (non-hydrogen) atoms. The van der Waals surface area contributed by atoms with Crippen molar-refractivity contribution in [2.24, 2.45) is 5.92 Å². The maximum atomic E-state index is 13.6. The van der Waals surface area contributed by atoms with E-state index in [9.17, 15) is 14.3 Å². The summed E-state index contributed by atoms with van der Waals surface area (Å²) in [6.45, 7) is 2.66. The Hall–Kier alpha value is -2.67. The van der Waals surface area contributed by atoms with Gasteiger partial charge in [-0.15, -0.1) is 0 Å². The number of carbonyl (C=O) groups excluding carboxylic acids is 1. The van der Waals surface area contributed by atoms with Crippen molar-refractivity contribution in [1.82, 2.24) is 19.9 Å². The third kappa shape index (κ3) is 3.73. The number of H-pyrrole nitrogens is 1. The number of benzene rings is 1. The van der Waals surface area contributed by atoms with Gasteiger partial charge in [0.05, 0.1) is 24.9 Å². The molecule has 1 fully saturated rings. The van der Waals surface area contributed by atoms with Gasteiger partial charge < -0.3 is 20.0 Å². The number of nitrogens with zero attached hydrogens (tertiary/aromatic N) is 2. The fourth-order valence-corrected chi connectivity index (χ4v) is 4.12. The van der Waals surface area contributed by atoms with E-state index in [-0.39, 0.29) is 24.2 Å². The maximum absolute atomic E-state index is 13.6. The third-order valence-corrected chi connectivity index (χ3v) is 5.42. The Kier molecular flexibility index (Phi) is 4.70. The second kappa shape index (κ2) is 7.15. The molecule has 1 aliphatic carbocycles. The van der Waals surface area contributed by atoms with Crippen molar-refractivity contribution in [2.45, 2.75) is 44.9 Å². The van der Waals surface area contributed by atoms with E-state index in [1.165, 1.54) is 12.1 Å². The molecule has 1 aliphatic rings. The molecule has 2 aromatic heterocycles. The molecule has 2 heterocycles. The molecule has 0 bridgehead atoms. The summed E-state index contributed by atoms with van der Waals surface area (Å²) in [5.74, 6) is -0.185. The quantitative estimate of drug-likeness (QED) is 0.645. The molecule has 1 amide bonds. The Balaban J connectivity index is 1.41. The zero-order valence-corrected chi connectivity index (χ0v) is 15.2. The number of fused-ring (bicyclic) bond motifs is 1. The van der Waals surface area contributed by atoms with Crippen LogP contribution in [0.1, 0.15) is 24.1 Å². The van der Waals surface area contributed by atoms with E-state index < -0.39 is 6.10 Å². The minimum Gasteiger partial charge on any atom is -0.391 e. The van der Waals surface area contributed by atoms with Gasteiger partial charge in [-0.2, -0.15) is 0 Å². The van der Waals surface area contributed by atoms with Crippen LogP contribution in [0, 0.1) is 18.7 Å². The third-order valence-electron chi connectivity index (χ3n) is 5.42. The summed E-state index contributed by atoms with van der Waals surface area (Å²) in [6, 6.07) is 4.28. The van der Waals surface area contributed by atoms with Crippen molar-refractivity contribution < 1.29 is 14.3 Å². The largest absolute Gasteiger partial charge is 0.391 e. The Morgan fingerprint density at radius 3 is 3.07 bits per heavy atom. The van der Waals surface area contributed by atoms with Crippen LogP contribution in [0.4, 0.5) is 4.39 Å². The average Bonchev–Trinajstić information content (AvgIpc) is 3.31. The fraction of sp³-hybridized carbons (Fsp3) is 0.400. The zero-order valence-electron chi connectivity index (χ0n) is 15.2. The molecule has 0 radical (unpaired) electrons. The lowest BCUT2D eigenvalue weighted by Gasteiger charge is -2.16. The molecule has 1 unspecified atom stereocenters. The summed E-state index contributed by atoms with van der Waals surface area (Å²) in [4.78, 5) is 19.8. The van der Waals surface area contributed by atoms with Crippen LogP contribution in [0.5, 0.6) is 0 Å². The van der Waals surface area contributed by atoms with Crippen molar-refractivity contribution in [3.05, 3.63) is 54.0 Å². The number of imidazole rings is 1. The topological polar surface area (TPSA) is 82.9 Å². The minimum atomic E-state index is -0.552. The van der Waals surface area contributed by atoms with Crippen LogP contribution in [-0.2, 0) is 17.8 Å². The summed E-state index contributed by atoms with van der Waals surface area (Å²) < 4.78 is 15.6. The number of nitrogens with one attached hydrogen (secondary N) is 2. The predicted molar refractivity (Wildman–Crippen MR) is 99.6 cm³/mol. The van der Waals surface area contributed by atoms with Gasteiger partial charge in [0.1, 0.15) is 5.82 Å². The summed E-state index contributed by atoms with van der Waals surface area (Å²) in [7, 11) is 0. The summed E-state index contributed by atoms with van der Waals surface area (Å²) >= 11 is 0. The van der Waals surface area contributed by atoms with Crippen molar-refractivity contribution >= 4 is 16.8 Å². The molecule has 6 nitrogen and oxygen atoms in total. The smallest absolute Gasteiger partial charge is 0.224 e. The standard InChI is InChI=1S/C20H23FN4O2/c1-12-15(16-8-14(21)2-3-17(16)23-12)9-20(27)24-18-6-13(7-19(18)26)10-25-5-4-22-11-25/h2-5,8,11,13,18-19,23,26H,6-7,9-10H2,1H3,(H,24,27)/t13?,18-,19-/m1/s1. The minimum absolute atomic E-state index is 0.157. The highest BCUT2D eigenvalue weighted by atomic mass is 19.1. The van der Waals surface area contributed by atoms with Gasteiger partial charge in [-0.05, 0) is 49.4 Å². The summed E-state index contributed by atoms with van der Waals surface area (Å²) in [5.41, 5.74) is 2.47. The first-order chi connectivity index (χ1) is 13.0. The highest BCUT2D eigenvalue weighted by Gasteiger charge is 2.34.